The average molecular weight is 481 g/mol. The predicted octanol–water partition coefficient (Wildman–Crippen LogP) is 5.93. The van der Waals surface area contributed by atoms with E-state index in [1.807, 2.05) is 42.5 Å². The molecule has 0 spiro atoms. The zero-order valence-corrected chi connectivity index (χ0v) is 19.2. The highest BCUT2D eigenvalue weighted by atomic mass is 35.5. The van der Waals surface area contributed by atoms with Crippen LogP contribution in [-0.4, -0.2) is 34.5 Å². The molecular formula is C27H25ClO6. The highest BCUT2D eigenvalue weighted by Crippen LogP contribution is 2.25. The molecule has 0 heterocycles. The summed E-state index contributed by atoms with van der Waals surface area (Å²) in [6, 6.07) is 22.0. The Bertz CT molecular complexity index is 1120. The van der Waals surface area contributed by atoms with Crippen LogP contribution in [0.15, 0.2) is 85.5 Å². The first-order valence-electron chi connectivity index (χ1n) is 10.4. The Balaban J connectivity index is 0.000000248. The zero-order valence-electron chi connectivity index (χ0n) is 18.4. The minimum absolute atomic E-state index is 0.0402. The number of carboxylic acids is 2. The van der Waals surface area contributed by atoms with E-state index in [1.165, 1.54) is 0 Å². The molecule has 6 nitrogen and oxygen atoms in total. The summed E-state index contributed by atoms with van der Waals surface area (Å²) in [5.74, 6) is -1.44. The van der Waals surface area contributed by atoms with E-state index >= 15 is 0 Å². The van der Waals surface area contributed by atoms with Crippen molar-refractivity contribution in [1.29, 1.82) is 0 Å². The van der Waals surface area contributed by atoms with Gasteiger partial charge in [-0.25, -0.2) is 0 Å². The van der Waals surface area contributed by atoms with Gasteiger partial charge in [-0.3, -0.25) is 14.4 Å². The Morgan fingerprint density at radius 2 is 1.50 bits per heavy atom. The van der Waals surface area contributed by atoms with Gasteiger partial charge < -0.3 is 14.9 Å². The standard InChI is InChI=1S/C16H14O3.C11H11ClO3/c17-15(10-11-16(18)19)14-8-6-13(7-9-14)12-4-2-1-3-5-12;1-2-5-15-10-4-3-8(6-9(10)12)7-11(13)14/h1-9H,10-11H2,(H,18,19);2-4,6H,1,5,7H2,(H,13,14). The van der Waals surface area contributed by atoms with Crippen LogP contribution in [0.3, 0.4) is 0 Å². The first-order valence-corrected chi connectivity index (χ1v) is 10.8. The summed E-state index contributed by atoms with van der Waals surface area (Å²) in [7, 11) is 0. The largest absolute Gasteiger partial charge is 0.488 e. The molecule has 0 aliphatic heterocycles. The number of benzene rings is 3. The third-order valence-electron chi connectivity index (χ3n) is 4.59. The van der Waals surface area contributed by atoms with Gasteiger partial charge >= 0.3 is 11.9 Å². The van der Waals surface area contributed by atoms with E-state index in [0.29, 0.717) is 28.5 Å². The molecular weight excluding hydrogens is 456 g/mol. The smallest absolute Gasteiger partial charge is 0.307 e. The summed E-state index contributed by atoms with van der Waals surface area (Å²) in [6.07, 6.45) is 1.49. The summed E-state index contributed by atoms with van der Waals surface area (Å²) in [4.78, 5) is 32.6. The first-order chi connectivity index (χ1) is 16.3. The second kappa shape index (κ2) is 13.6. The van der Waals surface area contributed by atoms with Gasteiger partial charge in [-0.15, -0.1) is 0 Å². The molecule has 0 aromatic heterocycles. The number of carboxylic acid groups (broad SMARTS) is 2. The van der Waals surface area contributed by atoms with Crippen molar-refractivity contribution in [2.24, 2.45) is 0 Å². The molecule has 0 saturated carbocycles. The third kappa shape index (κ3) is 8.92. The van der Waals surface area contributed by atoms with E-state index in [4.69, 9.17) is 26.6 Å². The van der Waals surface area contributed by atoms with Crippen molar-refractivity contribution in [2.45, 2.75) is 19.3 Å². The van der Waals surface area contributed by atoms with E-state index < -0.39 is 11.9 Å². The fourth-order valence-corrected chi connectivity index (χ4v) is 3.20. The second-order valence-electron chi connectivity index (χ2n) is 7.20. The van der Waals surface area contributed by atoms with E-state index in [2.05, 4.69) is 6.58 Å². The second-order valence-corrected chi connectivity index (χ2v) is 7.60. The number of Topliss-reactive ketones (excluding diaryl/α,β-unsaturated/α-hetero) is 1. The number of ether oxygens (including phenoxy) is 1. The summed E-state index contributed by atoms with van der Waals surface area (Å²) in [5, 5.41) is 17.5. The fraction of sp³-hybridized carbons (Fsp3) is 0.148. The summed E-state index contributed by atoms with van der Waals surface area (Å²) in [5.41, 5.74) is 3.34. The van der Waals surface area contributed by atoms with Crippen LogP contribution in [0.25, 0.3) is 11.1 Å². The molecule has 3 aromatic carbocycles. The van der Waals surface area contributed by atoms with Crippen LogP contribution in [-0.2, 0) is 16.0 Å². The van der Waals surface area contributed by atoms with E-state index in [-0.39, 0.29) is 25.0 Å². The van der Waals surface area contributed by atoms with Crippen molar-refractivity contribution in [3.8, 4) is 16.9 Å². The molecule has 0 amide bonds. The van der Waals surface area contributed by atoms with Gasteiger partial charge in [0.15, 0.2) is 5.78 Å². The average Bonchev–Trinajstić information content (AvgIpc) is 2.83. The van der Waals surface area contributed by atoms with Gasteiger partial charge in [0.05, 0.1) is 17.9 Å². The number of hydrogen-bond donors (Lipinski definition) is 2. The molecule has 0 aliphatic carbocycles. The van der Waals surface area contributed by atoms with E-state index in [9.17, 15) is 14.4 Å². The van der Waals surface area contributed by atoms with Crippen molar-refractivity contribution < 1.29 is 29.3 Å². The number of ketones is 1. The van der Waals surface area contributed by atoms with E-state index in [1.54, 1.807) is 36.4 Å². The quantitative estimate of drug-likeness (QED) is 0.275. The van der Waals surface area contributed by atoms with Gasteiger partial charge in [-0.2, -0.15) is 0 Å². The highest BCUT2D eigenvalue weighted by Gasteiger charge is 2.08. The van der Waals surface area contributed by atoms with Crippen molar-refractivity contribution in [1.82, 2.24) is 0 Å². The van der Waals surface area contributed by atoms with Gasteiger partial charge in [0.2, 0.25) is 0 Å². The maximum Gasteiger partial charge on any atom is 0.307 e. The Morgan fingerprint density at radius 3 is 2.06 bits per heavy atom. The molecule has 7 heteroatoms. The van der Waals surface area contributed by atoms with Crippen LogP contribution in [0.5, 0.6) is 5.75 Å². The molecule has 0 fully saturated rings. The highest BCUT2D eigenvalue weighted by molar-refractivity contribution is 6.32. The van der Waals surface area contributed by atoms with Crippen LogP contribution in [0.4, 0.5) is 0 Å². The summed E-state index contributed by atoms with van der Waals surface area (Å²) >= 11 is 5.90. The number of hydrogen-bond acceptors (Lipinski definition) is 4. The van der Waals surface area contributed by atoms with Crippen LogP contribution in [0.2, 0.25) is 5.02 Å². The molecule has 3 rings (SSSR count). The zero-order chi connectivity index (χ0) is 24.9. The predicted molar refractivity (Wildman–Crippen MR) is 132 cm³/mol. The van der Waals surface area contributed by atoms with Crippen LogP contribution >= 0.6 is 11.6 Å². The lowest BCUT2D eigenvalue weighted by molar-refractivity contribution is -0.137. The lowest BCUT2D eigenvalue weighted by Gasteiger charge is -2.06. The van der Waals surface area contributed by atoms with Crippen LogP contribution in [0, 0.1) is 0 Å². The number of halogens is 1. The maximum absolute atomic E-state index is 11.7. The lowest BCUT2D eigenvalue weighted by Crippen LogP contribution is -2.03. The number of carbonyl (C=O) groups is 3. The number of carbonyl (C=O) groups excluding carboxylic acids is 1. The van der Waals surface area contributed by atoms with Gasteiger partial charge in [0.1, 0.15) is 12.4 Å². The fourth-order valence-electron chi connectivity index (χ4n) is 2.94. The van der Waals surface area contributed by atoms with Crippen molar-refractivity contribution in [3.63, 3.8) is 0 Å². The molecule has 0 bridgehead atoms. The molecule has 176 valence electrons. The monoisotopic (exact) mass is 480 g/mol. The minimum atomic E-state index is -0.950. The van der Waals surface area contributed by atoms with Crippen molar-refractivity contribution >= 4 is 29.3 Å². The molecule has 0 atom stereocenters. The van der Waals surface area contributed by atoms with Gasteiger partial charge in [-0.05, 0) is 28.8 Å². The molecule has 0 aliphatic rings. The molecule has 0 radical (unpaired) electrons. The van der Waals surface area contributed by atoms with Crippen LogP contribution < -0.4 is 4.74 Å². The van der Waals surface area contributed by atoms with Gasteiger partial charge in [-0.1, -0.05) is 84.9 Å². The minimum Gasteiger partial charge on any atom is -0.488 e. The van der Waals surface area contributed by atoms with Gasteiger partial charge in [0, 0.05) is 12.0 Å². The Kier molecular flexibility index (Phi) is 10.5. The van der Waals surface area contributed by atoms with Crippen LogP contribution in [0.1, 0.15) is 28.8 Å². The van der Waals surface area contributed by atoms with Gasteiger partial charge in [0.25, 0.3) is 0 Å². The molecule has 0 unspecified atom stereocenters. The normalized spacial score (nSPS) is 9.91. The topological polar surface area (TPSA) is 101 Å². The first kappa shape index (κ1) is 26.4. The van der Waals surface area contributed by atoms with Crippen molar-refractivity contribution in [3.05, 3.63) is 102 Å². The van der Waals surface area contributed by atoms with Crippen molar-refractivity contribution in [2.75, 3.05) is 6.61 Å². The number of aliphatic carboxylic acids is 2. The molecule has 0 saturated heterocycles. The molecule has 3 aromatic rings. The summed E-state index contributed by atoms with van der Waals surface area (Å²) < 4.78 is 5.25. The Hall–Kier alpha value is -3.90. The van der Waals surface area contributed by atoms with E-state index in [0.717, 1.165) is 11.1 Å². The number of rotatable bonds is 10. The summed E-state index contributed by atoms with van der Waals surface area (Å²) in [6.45, 7) is 3.89. The Morgan fingerprint density at radius 1 is 0.853 bits per heavy atom. The molecule has 2 N–H and O–H groups in total. The SMILES string of the molecule is C=CCOc1ccc(CC(=O)O)cc1Cl.O=C(O)CCC(=O)c1ccc(-c2ccccc2)cc1. The lowest BCUT2D eigenvalue weighted by atomic mass is 10.0. The molecule has 34 heavy (non-hydrogen) atoms. The Labute approximate surface area is 203 Å². The third-order valence-corrected chi connectivity index (χ3v) is 4.88. The maximum atomic E-state index is 11.7.